The van der Waals surface area contributed by atoms with E-state index in [4.69, 9.17) is 11.1 Å². The van der Waals surface area contributed by atoms with Crippen molar-refractivity contribution in [3.63, 3.8) is 0 Å². The van der Waals surface area contributed by atoms with Gasteiger partial charge in [0.2, 0.25) is 5.96 Å². The number of halogens is 1. The highest BCUT2D eigenvalue weighted by Crippen LogP contribution is 2.29. The molecule has 0 fully saturated rings. The van der Waals surface area contributed by atoms with E-state index < -0.39 is 27.6 Å². The van der Waals surface area contributed by atoms with Crippen LogP contribution in [0.15, 0.2) is 24.3 Å². The number of hydrogen-bond acceptors (Lipinski definition) is 6. The van der Waals surface area contributed by atoms with E-state index >= 15 is 0 Å². The molecule has 1 aromatic heterocycles. The Kier molecular flexibility index (Phi) is 4.81. The van der Waals surface area contributed by atoms with E-state index in [1.165, 1.54) is 11.3 Å². The normalized spacial score (nSPS) is 11.5. The van der Waals surface area contributed by atoms with Gasteiger partial charge in [0.05, 0.1) is 4.88 Å². The molecular formula is C11H10IN3O4S2. The second kappa shape index (κ2) is 6.25. The van der Waals surface area contributed by atoms with Crippen molar-refractivity contribution in [3.05, 3.63) is 32.7 Å². The molecule has 0 aliphatic rings. The average molecular weight is 439 g/mol. The fraction of sp³-hybridized carbons (Fsp3) is 0.0909. The molecule has 4 N–H and O–H groups in total. The Bertz CT molecular complexity index is 816. The summed E-state index contributed by atoms with van der Waals surface area (Å²) < 4.78 is 29.2. The van der Waals surface area contributed by atoms with Gasteiger partial charge in [-0.3, -0.25) is 10.2 Å². The van der Waals surface area contributed by atoms with E-state index in [-0.39, 0.29) is 0 Å². The third-order valence-electron chi connectivity index (χ3n) is 2.37. The molecule has 2 aromatic rings. The minimum atomic E-state index is -4.15. The molecule has 21 heavy (non-hydrogen) atoms. The smallest absolute Gasteiger partial charge is 0.295 e. The van der Waals surface area contributed by atoms with Gasteiger partial charge in [0.15, 0.2) is 5.78 Å². The molecule has 0 aliphatic heterocycles. The minimum absolute atomic E-state index is 0.337. The second-order valence-electron chi connectivity index (χ2n) is 3.99. The van der Waals surface area contributed by atoms with E-state index in [2.05, 4.69) is 26.9 Å². The van der Waals surface area contributed by atoms with Gasteiger partial charge in [-0.25, -0.2) is 5.48 Å². The molecule has 0 amide bonds. The number of nitrogens with two attached hydrogens (primary N) is 1. The summed E-state index contributed by atoms with van der Waals surface area (Å²) in [4.78, 5) is 12.4. The van der Waals surface area contributed by atoms with E-state index in [0.717, 1.165) is 13.7 Å². The summed E-state index contributed by atoms with van der Waals surface area (Å²) in [7, 11) is -4.15. The van der Waals surface area contributed by atoms with Crippen LogP contribution in [-0.2, 0) is 14.4 Å². The lowest BCUT2D eigenvalue weighted by atomic mass is 10.2. The summed E-state index contributed by atoms with van der Waals surface area (Å²) >= 11 is 3.37. The molecule has 0 aliphatic carbocycles. The summed E-state index contributed by atoms with van der Waals surface area (Å²) in [6.07, 6.45) is 0. The van der Waals surface area contributed by atoms with E-state index in [1.807, 2.05) is 18.2 Å². The maximum Gasteiger partial charge on any atom is 0.295 e. The fourth-order valence-corrected chi connectivity index (χ4v) is 4.24. The van der Waals surface area contributed by atoms with Crippen molar-refractivity contribution in [1.29, 1.82) is 5.41 Å². The van der Waals surface area contributed by atoms with Gasteiger partial charge in [-0.2, -0.15) is 8.42 Å². The third-order valence-corrected chi connectivity index (χ3v) is 5.40. The quantitative estimate of drug-likeness (QED) is 0.213. The van der Waals surface area contributed by atoms with Gasteiger partial charge in [0.1, 0.15) is 5.75 Å². The van der Waals surface area contributed by atoms with E-state index in [1.54, 1.807) is 11.5 Å². The fourth-order valence-electron chi connectivity index (χ4n) is 1.53. The third kappa shape index (κ3) is 4.12. The van der Waals surface area contributed by atoms with Crippen LogP contribution >= 0.6 is 33.9 Å². The largest absolute Gasteiger partial charge is 0.368 e. The molecule has 1 aromatic carbocycles. The zero-order valence-corrected chi connectivity index (χ0v) is 14.2. The lowest BCUT2D eigenvalue weighted by Crippen LogP contribution is -2.34. The van der Waals surface area contributed by atoms with Crippen LogP contribution in [0.1, 0.15) is 9.67 Å². The molecule has 0 saturated carbocycles. The molecule has 0 unspecified atom stereocenters. The second-order valence-corrected chi connectivity index (χ2v) is 7.80. The summed E-state index contributed by atoms with van der Waals surface area (Å²) in [5, 5.41) is 7.72. The van der Waals surface area contributed by atoms with Crippen LogP contribution in [0.25, 0.3) is 10.1 Å². The average Bonchev–Trinajstić information content (AvgIpc) is 2.82. The number of nitrogens with one attached hydrogen (secondary N) is 2. The number of benzene rings is 1. The molecule has 10 heteroatoms. The van der Waals surface area contributed by atoms with Crippen molar-refractivity contribution in [2.75, 3.05) is 5.75 Å². The van der Waals surface area contributed by atoms with Gasteiger partial charge < -0.3 is 5.73 Å². The summed E-state index contributed by atoms with van der Waals surface area (Å²) in [6, 6.07) is 7.30. The number of hydrogen-bond donors (Lipinski definition) is 3. The van der Waals surface area contributed by atoms with Crippen molar-refractivity contribution in [2.24, 2.45) is 5.73 Å². The van der Waals surface area contributed by atoms with Crippen LogP contribution in [0.2, 0.25) is 0 Å². The van der Waals surface area contributed by atoms with Crippen molar-refractivity contribution >= 4 is 65.9 Å². The number of fused-ring (bicyclic) bond motifs is 1. The highest BCUT2D eigenvalue weighted by Gasteiger charge is 2.21. The Hall–Kier alpha value is -1.24. The molecule has 0 spiro atoms. The van der Waals surface area contributed by atoms with Crippen molar-refractivity contribution in [1.82, 2.24) is 5.48 Å². The van der Waals surface area contributed by atoms with E-state index in [0.29, 0.717) is 4.88 Å². The maximum absolute atomic E-state index is 12.0. The number of rotatable bonds is 5. The number of carbonyl (C=O) groups excluding carboxylic acids is 1. The first kappa shape index (κ1) is 16.1. The molecule has 0 bridgehead atoms. The monoisotopic (exact) mass is 439 g/mol. The summed E-state index contributed by atoms with van der Waals surface area (Å²) in [6.45, 7) is 0. The van der Waals surface area contributed by atoms with E-state index in [9.17, 15) is 13.2 Å². The molecule has 1 heterocycles. The van der Waals surface area contributed by atoms with Gasteiger partial charge in [-0.15, -0.1) is 15.6 Å². The van der Waals surface area contributed by atoms with Crippen LogP contribution in [-0.4, -0.2) is 25.9 Å². The summed E-state index contributed by atoms with van der Waals surface area (Å²) in [5.74, 6) is -2.06. The van der Waals surface area contributed by atoms with Crippen LogP contribution in [0.3, 0.4) is 0 Å². The first-order valence-electron chi connectivity index (χ1n) is 5.51. The highest BCUT2D eigenvalue weighted by atomic mass is 127. The number of guanidine groups is 1. The lowest BCUT2D eigenvalue weighted by molar-refractivity contribution is 0.102. The maximum atomic E-state index is 12.0. The van der Waals surface area contributed by atoms with Crippen LogP contribution in [0, 0.1) is 8.98 Å². The Morgan fingerprint density at radius 1 is 1.48 bits per heavy atom. The standard InChI is InChI=1S/C11H10IN3O4S2/c12-7-2-1-3-9-6(7)4-10(20-9)8(16)5-21(17,18)19-15-11(13)14/h1-4H,5H2,(H4,13,14,15). The van der Waals surface area contributed by atoms with Crippen LogP contribution < -0.4 is 11.2 Å². The molecule has 7 nitrogen and oxygen atoms in total. The van der Waals surface area contributed by atoms with Gasteiger partial charge in [0.25, 0.3) is 10.1 Å². The Morgan fingerprint density at radius 2 is 2.19 bits per heavy atom. The van der Waals surface area contributed by atoms with Gasteiger partial charge >= 0.3 is 0 Å². The summed E-state index contributed by atoms with van der Waals surface area (Å²) in [5.41, 5.74) is 6.61. The first-order valence-corrected chi connectivity index (χ1v) is 8.98. The SMILES string of the molecule is N=C(N)NOS(=O)(=O)CC(=O)c1cc2c(I)cccc2s1. The van der Waals surface area contributed by atoms with Crippen molar-refractivity contribution < 1.29 is 17.5 Å². The Balaban J connectivity index is 2.19. The van der Waals surface area contributed by atoms with Gasteiger partial charge in [-0.05, 0) is 40.8 Å². The van der Waals surface area contributed by atoms with Gasteiger partial charge in [-0.1, -0.05) is 6.07 Å². The highest BCUT2D eigenvalue weighted by molar-refractivity contribution is 14.1. The molecule has 2 rings (SSSR count). The molecule has 112 valence electrons. The van der Waals surface area contributed by atoms with Crippen molar-refractivity contribution in [2.45, 2.75) is 0 Å². The number of thiophene rings is 1. The number of carbonyl (C=O) groups is 1. The molecule has 0 saturated heterocycles. The predicted octanol–water partition coefficient (Wildman–Crippen LogP) is 1.43. The number of ketones is 1. The van der Waals surface area contributed by atoms with Crippen LogP contribution in [0.5, 0.6) is 0 Å². The van der Waals surface area contributed by atoms with Crippen LogP contribution in [0.4, 0.5) is 0 Å². The predicted molar refractivity (Wildman–Crippen MR) is 88.8 cm³/mol. The topological polar surface area (TPSA) is 122 Å². The zero-order valence-electron chi connectivity index (χ0n) is 10.4. The van der Waals surface area contributed by atoms with Gasteiger partial charge in [0, 0.05) is 13.7 Å². The first-order chi connectivity index (χ1) is 9.78. The minimum Gasteiger partial charge on any atom is -0.368 e. The molecule has 0 atom stereocenters. The number of hydroxylamine groups is 1. The zero-order chi connectivity index (χ0) is 15.6. The number of Topliss-reactive ketones (excluding diaryl/α,β-unsaturated/α-hetero) is 1. The Labute approximate surface area is 138 Å². The Morgan fingerprint density at radius 3 is 2.81 bits per heavy atom. The molecular weight excluding hydrogens is 429 g/mol. The molecule has 0 radical (unpaired) electrons. The lowest BCUT2D eigenvalue weighted by Gasteiger charge is -2.03. The van der Waals surface area contributed by atoms with Crippen molar-refractivity contribution in [3.8, 4) is 0 Å².